The van der Waals surface area contributed by atoms with E-state index in [0.717, 1.165) is 23.6 Å². The third-order valence-electron chi connectivity index (χ3n) is 2.82. The fourth-order valence-corrected chi connectivity index (χ4v) is 1.86. The Hall–Kier alpha value is -1.84. The van der Waals surface area contributed by atoms with Crippen molar-refractivity contribution in [2.24, 2.45) is 5.73 Å². The Bertz CT molecular complexity index is 503. The Morgan fingerprint density at radius 3 is 1.74 bits per heavy atom. The average molecular weight is 256 g/mol. The van der Waals surface area contributed by atoms with Gasteiger partial charge >= 0.3 is 0 Å². The molecule has 19 heavy (non-hydrogen) atoms. The normalized spacial score (nSPS) is 10.7. The molecule has 0 saturated heterocycles. The van der Waals surface area contributed by atoms with Crippen LogP contribution in [-0.4, -0.2) is 19.0 Å². The lowest BCUT2D eigenvalue weighted by Gasteiger charge is -2.11. The van der Waals surface area contributed by atoms with Crippen LogP contribution in [0, 0.1) is 0 Å². The summed E-state index contributed by atoms with van der Waals surface area (Å²) in [6.07, 6.45) is 0. The highest BCUT2D eigenvalue weighted by molar-refractivity contribution is 5.34. The summed E-state index contributed by atoms with van der Waals surface area (Å²) in [7, 11) is 4.12. The summed E-state index contributed by atoms with van der Waals surface area (Å²) in [4.78, 5) is 2.14. The highest BCUT2D eigenvalue weighted by atomic mass is 16.5. The van der Waals surface area contributed by atoms with Gasteiger partial charge in [-0.25, -0.2) is 0 Å². The summed E-state index contributed by atoms with van der Waals surface area (Å²) >= 11 is 0. The molecule has 0 bridgehead atoms. The summed E-state index contributed by atoms with van der Waals surface area (Å²) in [6, 6.07) is 16.0. The van der Waals surface area contributed by atoms with Gasteiger partial charge in [0, 0.05) is 13.1 Å². The summed E-state index contributed by atoms with van der Waals surface area (Å²) < 4.78 is 5.78. The first-order chi connectivity index (χ1) is 9.17. The third-order valence-corrected chi connectivity index (χ3v) is 2.82. The molecule has 0 unspecified atom stereocenters. The predicted molar refractivity (Wildman–Crippen MR) is 78.2 cm³/mol. The predicted octanol–water partition coefficient (Wildman–Crippen LogP) is 3.00. The van der Waals surface area contributed by atoms with E-state index in [1.54, 1.807) is 0 Å². The molecule has 0 atom stereocenters. The molecule has 0 radical (unpaired) electrons. The third kappa shape index (κ3) is 4.09. The number of benzene rings is 2. The average Bonchev–Trinajstić information content (AvgIpc) is 2.41. The van der Waals surface area contributed by atoms with E-state index in [0.29, 0.717) is 6.54 Å². The first-order valence-electron chi connectivity index (χ1n) is 6.38. The maximum Gasteiger partial charge on any atom is 0.127 e. The van der Waals surface area contributed by atoms with Crippen molar-refractivity contribution in [3.05, 3.63) is 59.7 Å². The van der Waals surface area contributed by atoms with Crippen molar-refractivity contribution in [2.45, 2.75) is 13.1 Å². The molecule has 0 aliphatic rings. The minimum Gasteiger partial charge on any atom is -0.457 e. The van der Waals surface area contributed by atoms with Crippen LogP contribution in [0.5, 0.6) is 11.5 Å². The largest absolute Gasteiger partial charge is 0.457 e. The van der Waals surface area contributed by atoms with Gasteiger partial charge in [-0.3, -0.25) is 0 Å². The van der Waals surface area contributed by atoms with Gasteiger partial charge in [0.15, 0.2) is 0 Å². The summed E-state index contributed by atoms with van der Waals surface area (Å²) in [5.41, 5.74) is 7.94. The molecule has 2 aromatic rings. The monoisotopic (exact) mass is 256 g/mol. The van der Waals surface area contributed by atoms with Crippen LogP contribution in [0.3, 0.4) is 0 Å². The van der Waals surface area contributed by atoms with Gasteiger partial charge in [0.2, 0.25) is 0 Å². The number of rotatable bonds is 5. The minimum absolute atomic E-state index is 0.555. The molecule has 3 heteroatoms. The lowest BCUT2D eigenvalue weighted by molar-refractivity contribution is 0.402. The van der Waals surface area contributed by atoms with Gasteiger partial charge < -0.3 is 15.4 Å². The lowest BCUT2D eigenvalue weighted by Crippen LogP contribution is -2.10. The van der Waals surface area contributed by atoms with E-state index in [1.165, 1.54) is 5.56 Å². The van der Waals surface area contributed by atoms with Crippen LogP contribution < -0.4 is 10.5 Å². The van der Waals surface area contributed by atoms with Crippen LogP contribution in [0.2, 0.25) is 0 Å². The molecule has 0 heterocycles. The van der Waals surface area contributed by atoms with Gasteiger partial charge in [-0.2, -0.15) is 0 Å². The van der Waals surface area contributed by atoms with Gasteiger partial charge in [0.25, 0.3) is 0 Å². The molecule has 2 rings (SSSR count). The molecule has 2 N–H and O–H groups in total. The molecule has 0 aliphatic carbocycles. The van der Waals surface area contributed by atoms with Gasteiger partial charge in [-0.1, -0.05) is 24.3 Å². The van der Waals surface area contributed by atoms with Gasteiger partial charge in [-0.15, -0.1) is 0 Å². The maximum absolute atomic E-state index is 5.78. The number of hydrogen-bond acceptors (Lipinski definition) is 3. The fraction of sp³-hybridized carbons (Fsp3) is 0.250. The summed E-state index contributed by atoms with van der Waals surface area (Å²) in [6.45, 7) is 1.49. The Morgan fingerprint density at radius 1 is 0.842 bits per heavy atom. The van der Waals surface area contributed by atoms with Crippen LogP contribution in [0.15, 0.2) is 48.5 Å². The molecular weight excluding hydrogens is 236 g/mol. The molecule has 0 fully saturated rings. The fourth-order valence-electron chi connectivity index (χ4n) is 1.86. The number of nitrogens with two attached hydrogens (primary N) is 1. The smallest absolute Gasteiger partial charge is 0.127 e. The van der Waals surface area contributed by atoms with Crippen molar-refractivity contribution in [3.63, 3.8) is 0 Å². The quantitative estimate of drug-likeness (QED) is 0.893. The molecular formula is C16H20N2O. The van der Waals surface area contributed by atoms with E-state index in [4.69, 9.17) is 10.5 Å². The van der Waals surface area contributed by atoms with E-state index in [2.05, 4.69) is 31.1 Å². The van der Waals surface area contributed by atoms with Crippen molar-refractivity contribution in [1.82, 2.24) is 4.90 Å². The second kappa shape index (κ2) is 6.36. The van der Waals surface area contributed by atoms with Crippen LogP contribution in [0.25, 0.3) is 0 Å². The van der Waals surface area contributed by atoms with E-state index in [-0.39, 0.29) is 0 Å². The van der Waals surface area contributed by atoms with Gasteiger partial charge in [0.1, 0.15) is 11.5 Å². The molecule has 0 spiro atoms. The molecule has 0 amide bonds. The zero-order valence-corrected chi connectivity index (χ0v) is 11.5. The molecule has 3 nitrogen and oxygen atoms in total. The van der Waals surface area contributed by atoms with Crippen molar-refractivity contribution in [3.8, 4) is 11.5 Å². The summed E-state index contributed by atoms with van der Waals surface area (Å²) in [5.74, 6) is 1.68. The van der Waals surface area contributed by atoms with E-state index < -0.39 is 0 Å². The minimum atomic E-state index is 0.555. The van der Waals surface area contributed by atoms with Crippen molar-refractivity contribution in [1.29, 1.82) is 0 Å². The molecule has 100 valence electrons. The van der Waals surface area contributed by atoms with Crippen molar-refractivity contribution >= 4 is 0 Å². The first-order valence-corrected chi connectivity index (χ1v) is 6.38. The second-order valence-corrected chi connectivity index (χ2v) is 4.83. The van der Waals surface area contributed by atoms with Crippen LogP contribution in [-0.2, 0) is 13.1 Å². The second-order valence-electron chi connectivity index (χ2n) is 4.83. The SMILES string of the molecule is CN(C)Cc1ccc(Oc2ccc(CN)cc2)cc1. The van der Waals surface area contributed by atoms with Crippen LogP contribution in [0.4, 0.5) is 0 Å². The summed E-state index contributed by atoms with van der Waals surface area (Å²) in [5, 5.41) is 0. The highest BCUT2D eigenvalue weighted by Gasteiger charge is 1.99. The molecule has 0 saturated carbocycles. The zero-order chi connectivity index (χ0) is 13.7. The maximum atomic E-state index is 5.78. The number of hydrogen-bond donors (Lipinski definition) is 1. The number of ether oxygens (including phenoxy) is 1. The van der Waals surface area contributed by atoms with Crippen molar-refractivity contribution < 1.29 is 4.74 Å². The Balaban J connectivity index is 2.02. The van der Waals surface area contributed by atoms with Gasteiger partial charge in [-0.05, 0) is 49.5 Å². The lowest BCUT2D eigenvalue weighted by atomic mass is 10.2. The molecule has 2 aromatic carbocycles. The Labute approximate surface area is 114 Å². The topological polar surface area (TPSA) is 38.5 Å². The van der Waals surface area contributed by atoms with E-state index in [1.807, 2.05) is 36.4 Å². The van der Waals surface area contributed by atoms with Crippen molar-refractivity contribution in [2.75, 3.05) is 14.1 Å². The molecule has 0 aliphatic heterocycles. The van der Waals surface area contributed by atoms with Crippen LogP contribution >= 0.6 is 0 Å². The van der Waals surface area contributed by atoms with Crippen LogP contribution in [0.1, 0.15) is 11.1 Å². The zero-order valence-electron chi connectivity index (χ0n) is 11.5. The van der Waals surface area contributed by atoms with E-state index >= 15 is 0 Å². The molecule has 0 aromatic heterocycles. The number of nitrogens with zero attached hydrogens (tertiary/aromatic N) is 1. The first kappa shape index (κ1) is 13.6. The Morgan fingerprint density at radius 2 is 1.32 bits per heavy atom. The Kier molecular flexibility index (Phi) is 4.55. The van der Waals surface area contributed by atoms with Gasteiger partial charge in [0.05, 0.1) is 0 Å². The van der Waals surface area contributed by atoms with E-state index in [9.17, 15) is 0 Å². The standard InChI is InChI=1S/C16H20N2O/c1-18(2)12-14-5-9-16(10-6-14)19-15-7-3-13(11-17)4-8-15/h3-10H,11-12,17H2,1-2H3. The highest BCUT2D eigenvalue weighted by Crippen LogP contribution is 2.22.